The summed E-state index contributed by atoms with van der Waals surface area (Å²) < 4.78 is 0.683. The molecule has 1 rings (SSSR count). The zero-order valence-corrected chi connectivity index (χ0v) is 6.34. The summed E-state index contributed by atoms with van der Waals surface area (Å²) in [5, 5.41) is 10.0. The predicted molar refractivity (Wildman–Crippen MR) is 35.7 cm³/mol. The number of nitrogens with zero attached hydrogens (tertiary/aromatic N) is 2. The SMILES string of the molecule is C=N/N=C1/NC(=O)C[Se]1. The first-order chi connectivity index (χ1) is 4.33. The van der Waals surface area contributed by atoms with E-state index < -0.39 is 0 Å². The molecule has 1 heterocycles. The fourth-order valence-electron chi connectivity index (χ4n) is 0.443. The zero-order chi connectivity index (χ0) is 6.69. The molecule has 9 heavy (non-hydrogen) atoms. The number of rotatable bonds is 1. The molecule has 0 spiro atoms. The van der Waals surface area contributed by atoms with Gasteiger partial charge in [0.1, 0.15) is 0 Å². The Hall–Kier alpha value is -0.671. The van der Waals surface area contributed by atoms with Crippen LogP contribution in [0.2, 0.25) is 5.32 Å². The molecule has 0 aromatic carbocycles. The number of amides is 1. The van der Waals surface area contributed by atoms with Gasteiger partial charge in [-0.05, 0) is 0 Å². The summed E-state index contributed by atoms with van der Waals surface area (Å²) in [5.41, 5.74) is 0. The van der Waals surface area contributed by atoms with Gasteiger partial charge in [-0.15, -0.1) is 0 Å². The molecule has 0 radical (unpaired) electrons. The summed E-state index contributed by atoms with van der Waals surface area (Å²) in [6.45, 7) is 3.17. The maximum atomic E-state index is 10.5. The molecular formula is C4H5N3OSe. The van der Waals surface area contributed by atoms with Crippen molar-refractivity contribution in [3.63, 3.8) is 0 Å². The first-order valence-electron chi connectivity index (χ1n) is 2.29. The molecule has 1 N–H and O–H groups in total. The van der Waals surface area contributed by atoms with Crippen LogP contribution >= 0.6 is 0 Å². The molecule has 1 saturated heterocycles. The van der Waals surface area contributed by atoms with Crippen molar-refractivity contribution in [3.8, 4) is 0 Å². The van der Waals surface area contributed by atoms with Crippen LogP contribution in [-0.2, 0) is 4.79 Å². The Morgan fingerprint density at radius 2 is 2.56 bits per heavy atom. The molecule has 0 atom stereocenters. The number of amidine groups is 1. The molecule has 1 aliphatic heterocycles. The fraction of sp³-hybridized carbons (Fsp3) is 0.250. The average molecular weight is 190 g/mol. The van der Waals surface area contributed by atoms with E-state index in [4.69, 9.17) is 0 Å². The summed E-state index contributed by atoms with van der Waals surface area (Å²) in [5.74, 6) is 0.0393. The first kappa shape index (κ1) is 6.45. The van der Waals surface area contributed by atoms with E-state index in [1.54, 1.807) is 0 Å². The van der Waals surface area contributed by atoms with Crippen molar-refractivity contribution in [3.05, 3.63) is 0 Å². The molecule has 0 bridgehead atoms. The molecule has 4 nitrogen and oxygen atoms in total. The molecule has 0 aromatic rings. The van der Waals surface area contributed by atoms with E-state index >= 15 is 0 Å². The van der Waals surface area contributed by atoms with Crippen LogP contribution in [0, 0.1) is 0 Å². The number of carbonyl (C=O) groups is 1. The second-order valence-electron chi connectivity index (χ2n) is 1.38. The summed E-state index contributed by atoms with van der Waals surface area (Å²) in [6.07, 6.45) is 0. The van der Waals surface area contributed by atoms with Crippen LogP contribution in [0.1, 0.15) is 0 Å². The average Bonchev–Trinajstić information content (AvgIpc) is 2.17. The maximum absolute atomic E-state index is 10.5. The third-order valence-corrected chi connectivity index (χ3v) is 2.56. The third-order valence-electron chi connectivity index (χ3n) is 0.748. The van der Waals surface area contributed by atoms with Gasteiger partial charge < -0.3 is 0 Å². The van der Waals surface area contributed by atoms with Gasteiger partial charge in [-0.3, -0.25) is 0 Å². The molecule has 1 fully saturated rings. The van der Waals surface area contributed by atoms with Gasteiger partial charge in [0.2, 0.25) is 0 Å². The number of carbonyl (C=O) groups excluding carboxylic acids is 1. The van der Waals surface area contributed by atoms with E-state index in [9.17, 15) is 4.79 Å². The Morgan fingerprint density at radius 1 is 1.78 bits per heavy atom. The fourth-order valence-corrected chi connectivity index (χ4v) is 1.79. The number of hydrogen-bond acceptors (Lipinski definition) is 3. The molecule has 1 aliphatic rings. The van der Waals surface area contributed by atoms with Crippen LogP contribution in [0.4, 0.5) is 0 Å². The van der Waals surface area contributed by atoms with E-state index in [1.807, 2.05) is 0 Å². The van der Waals surface area contributed by atoms with Crippen LogP contribution in [0.3, 0.4) is 0 Å². The van der Waals surface area contributed by atoms with Gasteiger partial charge in [-0.1, -0.05) is 0 Å². The number of hydrogen-bond donors (Lipinski definition) is 1. The van der Waals surface area contributed by atoms with Gasteiger partial charge in [-0.2, -0.15) is 0 Å². The van der Waals surface area contributed by atoms with Gasteiger partial charge in [0.25, 0.3) is 0 Å². The van der Waals surface area contributed by atoms with Gasteiger partial charge in [-0.25, -0.2) is 0 Å². The topological polar surface area (TPSA) is 53.8 Å². The summed E-state index contributed by atoms with van der Waals surface area (Å²) in [4.78, 5) is 10.5. The van der Waals surface area contributed by atoms with Crippen LogP contribution < -0.4 is 5.32 Å². The van der Waals surface area contributed by atoms with Gasteiger partial charge in [0.15, 0.2) is 0 Å². The van der Waals surface area contributed by atoms with Crippen molar-refractivity contribution in [1.29, 1.82) is 0 Å². The van der Waals surface area contributed by atoms with Crippen molar-refractivity contribution in [2.24, 2.45) is 10.2 Å². The second kappa shape index (κ2) is 2.75. The van der Waals surface area contributed by atoms with Gasteiger partial charge in [0.05, 0.1) is 0 Å². The van der Waals surface area contributed by atoms with E-state index in [0.717, 1.165) is 0 Å². The minimum atomic E-state index is 0.0393. The summed E-state index contributed by atoms with van der Waals surface area (Å²) >= 11 is 0.165. The molecule has 1 amide bonds. The van der Waals surface area contributed by atoms with Crippen molar-refractivity contribution in [2.75, 3.05) is 0 Å². The summed E-state index contributed by atoms with van der Waals surface area (Å²) in [7, 11) is 0. The summed E-state index contributed by atoms with van der Waals surface area (Å²) in [6, 6.07) is 0. The molecule has 0 unspecified atom stereocenters. The van der Waals surface area contributed by atoms with Crippen molar-refractivity contribution in [1.82, 2.24) is 5.32 Å². The molecule has 5 heteroatoms. The monoisotopic (exact) mass is 191 g/mol. The van der Waals surface area contributed by atoms with Crippen molar-refractivity contribution < 1.29 is 4.79 Å². The van der Waals surface area contributed by atoms with Crippen LogP contribution in [-0.4, -0.2) is 32.3 Å². The second-order valence-corrected chi connectivity index (χ2v) is 3.41. The quantitative estimate of drug-likeness (QED) is 0.329. The zero-order valence-electron chi connectivity index (χ0n) is 4.63. The van der Waals surface area contributed by atoms with Crippen LogP contribution in [0.5, 0.6) is 0 Å². The normalized spacial score (nSPS) is 22.2. The molecule has 0 aromatic heterocycles. The van der Waals surface area contributed by atoms with Crippen LogP contribution in [0.15, 0.2) is 10.2 Å². The Labute approximate surface area is 58.6 Å². The Kier molecular flexibility index (Phi) is 1.97. The molecule has 48 valence electrons. The molecular weight excluding hydrogens is 185 g/mol. The van der Waals surface area contributed by atoms with Crippen LogP contribution in [0.25, 0.3) is 0 Å². The van der Waals surface area contributed by atoms with Crippen molar-refractivity contribution in [2.45, 2.75) is 5.32 Å². The predicted octanol–water partition coefficient (Wildman–Crippen LogP) is -0.790. The third kappa shape index (κ3) is 1.62. The van der Waals surface area contributed by atoms with Crippen molar-refractivity contribution >= 4 is 32.3 Å². The Morgan fingerprint density at radius 3 is 3.00 bits per heavy atom. The first-order valence-corrected chi connectivity index (χ1v) is 4.36. The van der Waals surface area contributed by atoms with Gasteiger partial charge in [0, 0.05) is 0 Å². The number of nitrogens with one attached hydrogen (secondary N) is 1. The van der Waals surface area contributed by atoms with E-state index in [0.29, 0.717) is 10.1 Å². The minimum absolute atomic E-state index is 0.0393. The van der Waals surface area contributed by atoms with E-state index in [1.165, 1.54) is 0 Å². The standard InChI is InChI=1S/C4H5N3OSe/c1-5-7-4-6-3(8)2-9-4/h1-2H2,(H,6,7,8). The Bertz CT molecular complexity index is 177. The molecule has 0 saturated carbocycles. The van der Waals surface area contributed by atoms with E-state index in [-0.39, 0.29) is 20.9 Å². The van der Waals surface area contributed by atoms with E-state index in [2.05, 4.69) is 22.2 Å². The Balaban J connectivity index is 2.57. The van der Waals surface area contributed by atoms with Gasteiger partial charge >= 0.3 is 57.9 Å². The molecule has 0 aliphatic carbocycles.